The Morgan fingerprint density at radius 3 is 2.61 bits per heavy atom. The van der Waals surface area contributed by atoms with Gasteiger partial charge in [0.2, 0.25) is 0 Å². The summed E-state index contributed by atoms with van der Waals surface area (Å²) in [6.45, 7) is 3.60. The van der Waals surface area contributed by atoms with E-state index in [0.717, 1.165) is 16.6 Å². The molecule has 3 N–H and O–H groups in total. The van der Waals surface area contributed by atoms with Crippen LogP contribution in [0.15, 0.2) is 18.3 Å². The monoisotopic (exact) mass is 363 g/mol. The van der Waals surface area contributed by atoms with E-state index in [1.54, 1.807) is 13.0 Å². The predicted molar refractivity (Wildman–Crippen MR) is 83.9 cm³/mol. The maximum atomic E-state index is 12.8. The molecular weight excluding hydrogens is 351 g/mol. The van der Waals surface area contributed by atoms with E-state index >= 15 is 0 Å². The van der Waals surface area contributed by atoms with Crippen molar-refractivity contribution in [2.75, 3.05) is 5.32 Å². The molecule has 0 aliphatic carbocycles. The number of halogens is 4. The second-order valence-electron chi connectivity index (χ2n) is 4.95. The lowest BCUT2D eigenvalue weighted by Gasteiger charge is -2.10. The minimum atomic E-state index is -4.62. The number of hydrogen-bond donors (Lipinski definition) is 2. The van der Waals surface area contributed by atoms with E-state index in [-0.39, 0.29) is 11.9 Å². The molecule has 1 amide bonds. The van der Waals surface area contributed by atoms with Crippen molar-refractivity contribution < 1.29 is 18.0 Å². The zero-order chi connectivity index (χ0) is 17.4. The molecule has 2 aromatic rings. The number of carbonyl (C=O) groups excluding carboxylic acids is 1. The highest BCUT2D eigenvalue weighted by atomic mass is 35.5. The van der Waals surface area contributed by atoms with Crippen molar-refractivity contribution in [3.05, 3.63) is 44.2 Å². The van der Waals surface area contributed by atoms with Crippen molar-refractivity contribution >= 4 is 34.7 Å². The first-order valence-corrected chi connectivity index (χ1v) is 7.69. The van der Waals surface area contributed by atoms with Gasteiger partial charge in [0, 0.05) is 17.1 Å². The number of thiophene rings is 1. The summed E-state index contributed by atoms with van der Waals surface area (Å²) in [6, 6.07) is 2.11. The van der Waals surface area contributed by atoms with Gasteiger partial charge in [-0.25, -0.2) is 4.98 Å². The summed E-state index contributed by atoms with van der Waals surface area (Å²) in [7, 11) is 0. The smallest absolute Gasteiger partial charge is 0.323 e. The molecule has 1 atom stereocenters. The lowest BCUT2D eigenvalue weighted by molar-refractivity contribution is -0.137. The van der Waals surface area contributed by atoms with Crippen LogP contribution in [0.4, 0.5) is 19.0 Å². The fourth-order valence-corrected chi connectivity index (χ4v) is 3.20. The number of amides is 1. The first kappa shape index (κ1) is 17.7. The third-order valence-electron chi connectivity index (χ3n) is 3.00. The third-order valence-corrected chi connectivity index (χ3v) is 4.73. The summed E-state index contributed by atoms with van der Waals surface area (Å²) in [5, 5.41) is 1.81. The van der Waals surface area contributed by atoms with Crippen molar-refractivity contribution in [3.63, 3.8) is 0 Å². The van der Waals surface area contributed by atoms with Gasteiger partial charge in [-0.3, -0.25) is 4.79 Å². The normalized spacial score (nSPS) is 13.0. The molecule has 0 saturated carbocycles. The SMILES string of the molecule is Cc1cc(C(=O)Nc2cc(C(F)(F)F)c(Cl)cn2)sc1[C@@H](C)N. The summed E-state index contributed by atoms with van der Waals surface area (Å²) in [5.74, 6) is -0.770. The maximum absolute atomic E-state index is 12.8. The molecule has 0 fully saturated rings. The van der Waals surface area contributed by atoms with Crippen LogP contribution < -0.4 is 11.1 Å². The topological polar surface area (TPSA) is 68.0 Å². The Morgan fingerprint density at radius 2 is 2.09 bits per heavy atom. The van der Waals surface area contributed by atoms with E-state index in [2.05, 4.69) is 10.3 Å². The summed E-state index contributed by atoms with van der Waals surface area (Å²) in [4.78, 5) is 17.0. The van der Waals surface area contributed by atoms with Gasteiger partial charge >= 0.3 is 6.18 Å². The fraction of sp³-hybridized carbons (Fsp3) is 0.286. The predicted octanol–water partition coefficient (Wildman–Crippen LogP) is 4.40. The van der Waals surface area contributed by atoms with Gasteiger partial charge < -0.3 is 11.1 Å². The molecule has 0 saturated heterocycles. The zero-order valence-electron chi connectivity index (χ0n) is 12.2. The number of nitrogens with zero attached hydrogens (tertiary/aromatic N) is 1. The second kappa shape index (κ2) is 6.46. The number of aryl methyl sites for hydroxylation is 1. The summed E-state index contributed by atoms with van der Waals surface area (Å²) < 4.78 is 38.4. The third kappa shape index (κ3) is 4.01. The standard InChI is InChI=1S/C14H13ClF3N3OS/c1-6-3-10(23-12(6)7(2)19)13(22)21-11-4-8(14(16,17)18)9(15)5-20-11/h3-5,7H,19H2,1-2H3,(H,20,21,22)/t7-/m1/s1. The van der Waals surface area contributed by atoms with Crippen molar-refractivity contribution in [1.82, 2.24) is 4.98 Å². The molecule has 124 valence electrons. The van der Waals surface area contributed by atoms with Crippen LogP contribution in [0.25, 0.3) is 0 Å². The molecule has 2 aromatic heterocycles. The molecule has 2 heterocycles. The highest BCUT2D eigenvalue weighted by molar-refractivity contribution is 7.14. The summed E-state index contributed by atoms with van der Waals surface area (Å²) in [5.41, 5.74) is 5.60. The van der Waals surface area contributed by atoms with Crippen LogP contribution in [0, 0.1) is 6.92 Å². The van der Waals surface area contributed by atoms with Crippen LogP contribution in [0.5, 0.6) is 0 Å². The molecule has 23 heavy (non-hydrogen) atoms. The molecule has 0 spiro atoms. The van der Waals surface area contributed by atoms with Crippen LogP contribution in [0.1, 0.15) is 38.6 Å². The minimum absolute atomic E-state index is 0.222. The Labute approximate surface area is 139 Å². The van der Waals surface area contributed by atoms with Gasteiger partial charge in [0.05, 0.1) is 15.5 Å². The first-order valence-electron chi connectivity index (χ1n) is 6.49. The Bertz CT molecular complexity index is 743. The Hall–Kier alpha value is -1.64. The molecular formula is C14H13ClF3N3OS. The van der Waals surface area contributed by atoms with E-state index < -0.39 is 22.7 Å². The van der Waals surface area contributed by atoms with E-state index in [1.807, 2.05) is 6.92 Å². The number of alkyl halides is 3. The first-order chi connectivity index (χ1) is 10.6. The number of nitrogens with two attached hydrogens (primary N) is 1. The second-order valence-corrected chi connectivity index (χ2v) is 6.44. The number of carbonyl (C=O) groups is 1. The molecule has 0 aliphatic rings. The van der Waals surface area contributed by atoms with Gasteiger partial charge in [-0.15, -0.1) is 11.3 Å². The molecule has 4 nitrogen and oxygen atoms in total. The van der Waals surface area contributed by atoms with E-state index in [0.29, 0.717) is 10.9 Å². The van der Waals surface area contributed by atoms with Crippen LogP contribution in [-0.4, -0.2) is 10.9 Å². The van der Waals surface area contributed by atoms with Crippen LogP contribution >= 0.6 is 22.9 Å². The highest BCUT2D eigenvalue weighted by Gasteiger charge is 2.34. The number of nitrogens with one attached hydrogen (secondary N) is 1. The number of anilines is 1. The summed E-state index contributed by atoms with van der Waals surface area (Å²) in [6.07, 6.45) is -3.77. The van der Waals surface area contributed by atoms with Gasteiger partial charge in [-0.2, -0.15) is 13.2 Å². The molecule has 0 aromatic carbocycles. The van der Waals surface area contributed by atoms with Crippen LogP contribution in [0.3, 0.4) is 0 Å². The maximum Gasteiger partial charge on any atom is 0.418 e. The Balaban J connectivity index is 2.26. The minimum Gasteiger partial charge on any atom is -0.323 e. The van der Waals surface area contributed by atoms with Gasteiger partial charge in [0.25, 0.3) is 5.91 Å². The summed E-state index contributed by atoms with van der Waals surface area (Å²) >= 11 is 6.68. The van der Waals surface area contributed by atoms with Crippen molar-refractivity contribution in [2.45, 2.75) is 26.1 Å². The average Bonchev–Trinajstić information content (AvgIpc) is 2.82. The number of hydrogen-bond acceptors (Lipinski definition) is 4. The van der Waals surface area contributed by atoms with E-state index in [4.69, 9.17) is 17.3 Å². The molecule has 0 bridgehead atoms. The molecule has 0 aliphatic heterocycles. The Morgan fingerprint density at radius 1 is 1.43 bits per heavy atom. The number of rotatable bonds is 3. The average molecular weight is 364 g/mol. The van der Waals surface area contributed by atoms with Crippen molar-refractivity contribution in [2.24, 2.45) is 5.73 Å². The molecule has 0 radical (unpaired) electrons. The quantitative estimate of drug-likeness (QED) is 0.849. The van der Waals surface area contributed by atoms with Gasteiger partial charge in [0.15, 0.2) is 0 Å². The zero-order valence-corrected chi connectivity index (χ0v) is 13.7. The van der Waals surface area contributed by atoms with Crippen molar-refractivity contribution in [3.8, 4) is 0 Å². The molecule has 9 heteroatoms. The molecule has 2 rings (SSSR count). The van der Waals surface area contributed by atoms with E-state index in [9.17, 15) is 18.0 Å². The van der Waals surface area contributed by atoms with E-state index in [1.165, 1.54) is 11.3 Å². The van der Waals surface area contributed by atoms with Gasteiger partial charge in [-0.05, 0) is 31.5 Å². The lowest BCUT2D eigenvalue weighted by Crippen LogP contribution is -2.13. The Kier molecular flexibility index (Phi) is 4.98. The van der Waals surface area contributed by atoms with Crippen molar-refractivity contribution in [1.29, 1.82) is 0 Å². The number of aromatic nitrogens is 1. The fourth-order valence-electron chi connectivity index (χ4n) is 1.96. The van der Waals surface area contributed by atoms with Gasteiger partial charge in [0.1, 0.15) is 5.82 Å². The van der Waals surface area contributed by atoms with Gasteiger partial charge in [-0.1, -0.05) is 11.6 Å². The van der Waals surface area contributed by atoms with Crippen LogP contribution in [-0.2, 0) is 6.18 Å². The number of pyridine rings is 1. The molecule has 0 unspecified atom stereocenters. The highest BCUT2D eigenvalue weighted by Crippen LogP contribution is 2.35. The lowest BCUT2D eigenvalue weighted by atomic mass is 10.2. The van der Waals surface area contributed by atoms with Crippen LogP contribution in [0.2, 0.25) is 5.02 Å². The largest absolute Gasteiger partial charge is 0.418 e.